The van der Waals surface area contributed by atoms with E-state index in [4.69, 9.17) is 11.6 Å². The van der Waals surface area contributed by atoms with Crippen molar-refractivity contribution in [1.82, 2.24) is 5.32 Å². The van der Waals surface area contributed by atoms with Crippen LogP contribution in [0.5, 0.6) is 0 Å². The fourth-order valence-electron chi connectivity index (χ4n) is 2.26. The number of carbonyl (C=O) groups excluding carboxylic acids is 1. The zero-order valence-corrected chi connectivity index (χ0v) is 11.6. The van der Waals surface area contributed by atoms with E-state index < -0.39 is 24.3 Å². The lowest BCUT2D eigenvalue weighted by atomic mass is 10.2. The highest BCUT2D eigenvalue weighted by atomic mass is 35.5. The molecule has 0 saturated carbocycles. The van der Waals surface area contributed by atoms with Crippen molar-refractivity contribution in [3.8, 4) is 0 Å². The average molecular weight is 325 g/mol. The van der Waals surface area contributed by atoms with E-state index in [1.807, 2.05) is 4.90 Å². The van der Waals surface area contributed by atoms with Crippen molar-refractivity contribution in [3.63, 3.8) is 0 Å². The first-order chi connectivity index (χ1) is 9.74. The largest absolute Gasteiger partial charge is 0.397 e. The topological polar surface area (TPSA) is 32.3 Å². The van der Waals surface area contributed by atoms with Crippen LogP contribution in [-0.4, -0.2) is 31.2 Å². The summed E-state index contributed by atoms with van der Waals surface area (Å²) < 4.78 is 49.3. The van der Waals surface area contributed by atoms with Crippen LogP contribution in [0, 0.1) is 5.82 Å². The first-order valence-electron chi connectivity index (χ1n) is 6.31. The van der Waals surface area contributed by atoms with Gasteiger partial charge in [0.25, 0.3) is 0 Å². The second-order valence-electron chi connectivity index (χ2n) is 4.89. The number of carbonyl (C=O) groups is 1. The van der Waals surface area contributed by atoms with Crippen LogP contribution in [-0.2, 0) is 4.79 Å². The second-order valence-corrected chi connectivity index (χ2v) is 5.30. The van der Waals surface area contributed by atoms with E-state index in [1.165, 1.54) is 12.1 Å². The van der Waals surface area contributed by atoms with E-state index in [9.17, 15) is 22.4 Å². The molecule has 0 unspecified atom stereocenters. The Hall–Kier alpha value is -1.50. The van der Waals surface area contributed by atoms with E-state index in [0.29, 0.717) is 25.2 Å². The van der Waals surface area contributed by atoms with Gasteiger partial charge in [-0.1, -0.05) is 11.6 Å². The molecule has 1 amide bonds. The Labute approximate surface area is 123 Å². The molecule has 1 aromatic carbocycles. The van der Waals surface area contributed by atoms with Crippen LogP contribution in [0.3, 0.4) is 0 Å². The molecule has 1 saturated heterocycles. The maximum atomic E-state index is 13.1. The van der Waals surface area contributed by atoms with E-state index in [2.05, 4.69) is 5.32 Å². The molecule has 2 rings (SSSR count). The minimum Gasteiger partial charge on any atom is -0.369 e. The third kappa shape index (κ3) is 4.49. The van der Waals surface area contributed by atoms with Crippen molar-refractivity contribution >= 4 is 23.2 Å². The van der Waals surface area contributed by atoms with Gasteiger partial charge in [-0.3, -0.25) is 4.79 Å². The lowest BCUT2D eigenvalue weighted by molar-refractivity contribution is -0.154. The van der Waals surface area contributed by atoms with Crippen molar-refractivity contribution in [2.75, 3.05) is 18.0 Å². The Kier molecular flexibility index (Phi) is 4.61. The first kappa shape index (κ1) is 15.9. The average Bonchev–Trinajstić information content (AvgIpc) is 2.78. The van der Waals surface area contributed by atoms with E-state index in [-0.39, 0.29) is 11.1 Å². The number of anilines is 1. The highest BCUT2D eigenvalue weighted by Crippen LogP contribution is 2.26. The lowest BCUT2D eigenvalue weighted by Gasteiger charge is -2.19. The molecule has 8 heteroatoms. The van der Waals surface area contributed by atoms with Gasteiger partial charge in [0.05, 0.1) is 5.02 Å². The second kappa shape index (κ2) is 6.09. The monoisotopic (exact) mass is 324 g/mol. The maximum Gasteiger partial charge on any atom is 0.397 e. The quantitative estimate of drug-likeness (QED) is 0.866. The number of nitrogens with one attached hydrogen (secondary N) is 1. The number of amides is 1. The molecule has 3 nitrogen and oxygen atoms in total. The maximum absolute atomic E-state index is 13.1. The molecular formula is C13H13ClF4N2O. The SMILES string of the molecule is O=C(CC(F)(F)F)N[C@@H]1CCN(c2ccc(F)c(Cl)c2)C1. The highest BCUT2D eigenvalue weighted by molar-refractivity contribution is 6.31. The summed E-state index contributed by atoms with van der Waals surface area (Å²) in [7, 11) is 0. The number of nitrogens with zero attached hydrogens (tertiary/aromatic N) is 1. The molecule has 0 aromatic heterocycles. The van der Waals surface area contributed by atoms with Crippen LogP contribution in [0.2, 0.25) is 5.02 Å². The van der Waals surface area contributed by atoms with E-state index in [1.54, 1.807) is 6.07 Å². The zero-order chi connectivity index (χ0) is 15.6. The van der Waals surface area contributed by atoms with Crippen molar-refractivity contribution in [3.05, 3.63) is 29.0 Å². The summed E-state index contributed by atoms with van der Waals surface area (Å²) in [6.45, 7) is 0.921. The number of halogens is 5. The van der Waals surface area contributed by atoms with Crippen LogP contribution < -0.4 is 10.2 Å². The Balaban J connectivity index is 1.91. The molecule has 1 heterocycles. The summed E-state index contributed by atoms with van der Waals surface area (Å²) >= 11 is 5.69. The fraction of sp³-hybridized carbons (Fsp3) is 0.462. The number of alkyl halides is 3. The summed E-state index contributed by atoms with van der Waals surface area (Å²) in [5.41, 5.74) is 0.675. The van der Waals surface area contributed by atoms with Gasteiger partial charge in [-0.05, 0) is 24.6 Å². The van der Waals surface area contributed by atoms with Crippen molar-refractivity contribution in [2.45, 2.75) is 25.1 Å². The lowest BCUT2D eigenvalue weighted by Crippen LogP contribution is -2.39. The van der Waals surface area contributed by atoms with Gasteiger partial charge in [0.15, 0.2) is 0 Å². The molecule has 1 aromatic rings. The minimum absolute atomic E-state index is 0.0166. The molecule has 116 valence electrons. The Bertz CT molecular complexity index is 535. The predicted molar refractivity (Wildman–Crippen MR) is 70.8 cm³/mol. The molecular weight excluding hydrogens is 312 g/mol. The molecule has 1 N–H and O–H groups in total. The van der Waals surface area contributed by atoms with Gasteiger partial charge < -0.3 is 10.2 Å². The van der Waals surface area contributed by atoms with Gasteiger partial charge in [0.1, 0.15) is 12.2 Å². The van der Waals surface area contributed by atoms with Crippen LogP contribution in [0.15, 0.2) is 18.2 Å². The molecule has 1 fully saturated rings. The first-order valence-corrected chi connectivity index (χ1v) is 6.68. The van der Waals surface area contributed by atoms with Gasteiger partial charge >= 0.3 is 6.18 Å². The number of hydrogen-bond acceptors (Lipinski definition) is 2. The molecule has 1 aliphatic rings. The van der Waals surface area contributed by atoms with Crippen LogP contribution in [0.25, 0.3) is 0 Å². The van der Waals surface area contributed by atoms with Gasteiger partial charge in [-0.15, -0.1) is 0 Å². The normalized spacial score (nSPS) is 18.9. The van der Waals surface area contributed by atoms with Crippen LogP contribution in [0.4, 0.5) is 23.2 Å². The van der Waals surface area contributed by atoms with Gasteiger partial charge in [0.2, 0.25) is 5.91 Å². The number of hydrogen-bond donors (Lipinski definition) is 1. The van der Waals surface area contributed by atoms with Crippen LogP contribution in [0.1, 0.15) is 12.8 Å². The van der Waals surface area contributed by atoms with E-state index >= 15 is 0 Å². The van der Waals surface area contributed by atoms with Crippen molar-refractivity contribution < 1.29 is 22.4 Å². The van der Waals surface area contributed by atoms with E-state index in [0.717, 1.165) is 0 Å². The summed E-state index contributed by atoms with van der Waals surface area (Å²) in [5.74, 6) is -1.57. The highest BCUT2D eigenvalue weighted by Gasteiger charge is 2.33. The smallest absolute Gasteiger partial charge is 0.369 e. The molecule has 0 aliphatic carbocycles. The van der Waals surface area contributed by atoms with Crippen molar-refractivity contribution in [2.24, 2.45) is 0 Å². The zero-order valence-electron chi connectivity index (χ0n) is 10.9. The molecule has 0 radical (unpaired) electrons. The summed E-state index contributed by atoms with van der Waals surface area (Å²) in [6, 6.07) is 3.87. The summed E-state index contributed by atoms with van der Waals surface area (Å²) in [5, 5.41) is 2.34. The molecule has 1 aliphatic heterocycles. The molecule has 0 spiro atoms. The van der Waals surface area contributed by atoms with Crippen LogP contribution >= 0.6 is 11.6 Å². The Morgan fingerprint density at radius 2 is 2.14 bits per heavy atom. The number of benzene rings is 1. The summed E-state index contributed by atoms with van der Waals surface area (Å²) in [4.78, 5) is 13.1. The third-order valence-corrected chi connectivity index (χ3v) is 3.47. The Morgan fingerprint density at radius 3 is 2.76 bits per heavy atom. The standard InChI is InChI=1S/C13H13ClF4N2O/c14-10-5-9(1-2-11(10)15)20-4-3-8(7-20)19-12(21)6-13(16,17)18/h1-2,5,8H,3-4,6-7H2,(H,19,21)/t8-/m1/s1. The number of rotatable bonds is 3. The fourth-order valence-corrected chi connectivity index (χ4v) is 2.43. The van der Waals surface area contributed by atoms with Gasteiger partial charge in [0, 0.05) is 24.8 Å². The third-order valence-electron chi connectivity index (χ3n) is 3.18. The van der Waals surface area contributed by atoms with Gasteiger partial charge in [-0.2, -0.15) is 13.2 Å². The molecule has 1 atom stereocenters. The molecule has 21 heavy (non-hydrogen) atoms. The van der Waals surface area contributed by atoms with Gasteiger partial charge in [-0.25, -0.2) is 4.39 Å². The molecule has 0 bridgehead atoms. The predicted octanol–water partition coefficient (Wildman–Crippen LogP) is 3.13. The minimum atomic E-state index is -4.51. The van der Waals surface area contributed by atoms with Crippen molar-refractivity contribution in [1.29, 1.82) is 0 Å². The summed E-state index contributed by atoms with van der Waals surface area (Å²) in [6.07, 6.45) is -5.46. The Morgan fingerprint density at radius 1 is 1.43 bits per heavy atom.